The molecule has 0 aliphatic heterocycles. The lowest BCUT2D eigenvalue weighted by Crippen LogP contribution is -2.40. The highest BCUT2D eigenvalue weighted by Crippen LogP contribution is 2.22. The number of rotatable bonds is 10. The zero-order chi connectivity index (χ0) is 20.7. The third-order valence-corrected chi connectivity index (χ3v) is 4.90. The molecule has 6 nitrogen and oxygen atoms in total. The van der Waals surface area contributed by atoms with Crippen LogP contribution in [-0.4, -0.2) is 43.4 Å². The number of aliphatic hydroxyl groups excluding tert-OH is 1. The van der Waals surface area contributed by atoms with E-state index in [0.717, 1.165) is 31.1 Å². The van der Waals surface area contributed by atoms with Crippen molar-refractivity contribution in [3.05, 3.63) is 29.8 Å². The first kappa shape index (κ1) is 23.4. The summed E-state index contributed by atoms with van der Waals surface area (Å²) in [4.78, 5) is 13.9. The minimum Gasteiger partial charge on any atom is -0.374 e. The second kappa shape index (κ2) is 10.1. The number of nitrogens with one attached hydrogen (secondary N) is 1. The van der Waals surface area contributed by atoms with Gasteiger partial charge in [-0.05, 0) is 55.7 Å². The molecule has 0 aromatic heterocycles. The maximum Gasteiger partial charge on any atom is 0.229 e. The van der Waals surface area contributed by atoms with E-state index in [1.54, 1.807) is 17.0 Å². The van der Waals surface area contributed by atoms with Crippen LogP contribution < -0.4 is 4.72 Å². The maximum absolute atomic E-state index is 12.4. The number of carbonyl (C=O) groups is 1. The van der Waals surface area contributed by atoms with Crippen molar-refractivity contribution in [1.82, 2.24) is 4.90 Å². The van der Waals surface area contributed by atoms with Crippen LogP contribution in [0.15, 0.2) is 24.3 Å². The number of aryl methyl sites for hydroxylation is 1. The van der Waals surface area contributed by atoms with Gasteiger partial charge in [-0.15, -0.1) is 0 Å². The number of benzene rings is 1. The summed E-state index contributed by atoms with van der Waals surface area (Å²) >= 11 is 0. The average molecular weight is 399 g/mol. The summed E-state index contributed by atoms with van der Waals surface area (Å²) in [7, 11) is -3.27. The van der Waals surface area contributed by atoms with Gasteiger partial charge in [0, 0.05) is 18.7 Å². The Labute approximate surface area is 164 Å². The predicted molar refractivity (Wildman–Crippen MR) is 110 cm³/mol. The van der Waals surface area contributed by atoms with Gasteiger partial charge in [0.1, 0.15) is 6.23 Å². The van der Waals surface area contributed by atoms with E-state index in [-0.39, 0.29) is 11.3 Å². The third kappa shape index (κ3) is 9.77. The number of hydrogen-bond donors (Lipinski definition) is 2. The number of hydrogen-bond acceptors (Lipinski definition) is 4. The Hall–Kier alpha value is -1.60. The second-order valence-electron chi connectivity index (χ2n) is 8.18. The molecule has 1 unspecified atom stereocenters. The van der Waals surface area contributed by atoms with Crippen molar-refractivity contribution in [1.29, 1.82) is 0 Å². The van der Waals surface area contributed by atoms with Crippen LogP contribution >= 0.6 is 0 Å². The number of carbonyl (C=O) groups excluding carboxylic acids is 1. The fourth-order valence-corrected chi connectivity index (χ4v) is 3.34. The minimum absolute atomic E-state index is 0.00359. The maximum atomic E-state index is 12.4. The van der Waals surface area contributed by atoms with E-state index >= 15 is 0 Å². The summed E-state index contributed by atoms with van der Waals surface area (Å²) in [5, 5.41) is 10.4. The van der Waals surface area contributed by atoms with Gasteiger partial charge in [-0.2, -0.15) is 0 Å². The van der Waals surface area contributed by atoms with E-state index in [9.17, 15) is 18.3 Å². The molecule has 2 N–H and O–H groups in total. The smallest absolute Gasteiger partial charge is 0.229 e. The molecule has 27 heavy (non-hydrogen) atoms. The molecule has 0 bridgehead atoms. The molecule has 1 aromatic rings. The van der Waals surface area contributed by atoms with Gasteiger partial charge in [0.25, 0.3) is 0 Å². The summed E-state index contributed by atoms with van der Waals surface area (Å²) in [5.74, 6) is -0.00359. The van der Waals surface area contributed by atoms with Gasteiger partial charge in [0.15, 0.2) is 0 Å². The van der Waals surface area contributed by atoms with Crippen molar-refractivity contribution in [2.24, 2.45) is 5.41 Å². The molecule has 0 fully saturated rings. The molecule has 1 atom stereocenters. The summed E-state index contributed by atoms with van der Waals surface area (Å²) < 4.78 is 24.8. The van der Waals surface area contributed by atoms with Crippen molar-refractivity contribution >= 4 is 21.6 Å². The van der Waals surface area contributed by atoms with Crippen LogP contribution in [0.1, 0.15) is 58.9 Å². The first-order chi connectivity index (χ1) is 12.4. The fraction of sp³-hybridized carbons (Fsp3) is 0.650. The summed E-state index contributed by atoms with van der Waals surface area (Å²) in [6.07, 6.45) is 3.59. The lowest BCUT2D eigenvalue weighted by atomic mass is 9.90. The molecule has 1 aromatic carbocycles. The van der Waals surface area contributed by atoms with Crippen molar-refractivity contribution in [3.8, 4) is 0 Å². The van der Waals surface area contributed by atoms with Gasteiger partial charge in [-0.25, -0.2) is 8.42 Å². The Balaban J connectivity index is 2.48. The van der Waals surface area contributed by atoms with Gasteiger partial charge >= 0.3 is 0 Å². The molecule has 0 saturated heterocycles. The molecule has 0 aliphatic rings. The average Bonchev–Trinajstić information content (AvgIpc) is 2.53. The summed E-state index contributed by atoms with van der Waals surface area (Å²) in [5.41, 5.74) is 1.68. The lowest BCUT2D eigenvalue weighted by molar-refractivity contribution is -0.142. The molecule has 0 radical (unpaired) electrons. The van der Waals surface area contributed by atoms with Crippen molar-refractivity contribution in [3.63, 3.8) is 0 Å². The normalized spacial score (nSPS) is 13.3. The Morgan fingerprint density at radius 1 is 1.22 bits per heavy atom. The Morgan fingerprint density at radius 3 is 2.30 bits per heavy atom. The van der Waals surface area contributed by atoms with Crippen LogP contribution in [0.2, 0.25) is 0 Å². The topological polar surface area (TPSA) is 86.7 Å². The Morgan fingerprint density at radius 2 is 1.81 bits per heavy atom. The van der Waals surface area contributed by atoms with Crippen LogP contribution in [0, 0.1) is 5.41 Å². The van der Waals surface area contributed by atoms with Crippen LogP contribution in [0.5, 0.6) is 0 Å². The second-order valence-corrected chi connectivity index (χ2v) is 9.93. The van der Waals surface area contributed by atoms with Gasteiger partial charge in [-0.3, -0.25) is 9.52 Å². The zero-order valence-corrected chi connectivity index (χ0v) is 18.0. The molecule has 0 saturated carbocycles. The van der Waals surface area contributed by atoms with Crippen molar-refractivity contribution in [2.75, 3.05) is 17.5 Å². The van der Waals surface area contributed by atoms with Gasteiger partial charge in [0.2, 0.25) is 15.9 Å². The molecule has 0 aliphatic carbocycles. The molecule has 0 spiro atoms. The number of sulfonamides is 1. The number of nitrogens with zero attached hydrogens (tertiary/aromatic N) is 1. The highest BCUT2D eigenvalue weighted by atomic mass is 32.2. The highest BCUT2D eigenvalue weighted by Gasteiger charge is 2.21. The van der Waals surface area contributed by atoms with E-state index in [1.807, 2.05) is 19.1 Å². The first-order valence-electron chi connectivity index (χ1n) is 9.45. The Bertz CT molecular complexity index is 694. The minimum atomic E-state index is -3.27. The molecule has 1 amide bonds. The van der Waals surface area contributed by atoms with Crippen LogP contribution in [0.4, 0.5) is 5.69 Å². The van der Waals surface area contributed by atoms with Gasteiger partial charge in [0.05, 0.1) is 6.26 Å². The SMILES string of the molecule is CCN(C(=O)CCC(C)(C)C)C(O)CCCc1ccc(NS(C)(=O)=O)cc1. The third-order valence-electron chi connectivity index (χ3n) is 4.29. The van der Waals surface area contributed by atoms with Crippen LogP contribution in [0.25, 0.3) is 0 Å². The van der Waals surface area contributed by atoms with E-state index in [1.165, 1.54) is 0 Å². The monoisotopic (exact) mass is 398 g/mol. The quantitative estimate of drug-likeness (QED) is 0.592. The van der Waals surface area contributed by atoms with E-state index < -0.39 is 16.3 Å². The zero-order valence-electron chi connectivity index (χ0n) is 17.2. The summed E-state index contributed by atoms with van der Waals surface area (Å²) in [6, 6.07) is 7.18. The highest BCUT2D eigenvalue weighted by molar-refractivity contribution is 7.92. The standard InChI is InChI=1S/C20H34N2O4S/c1-6-22(19(24)14-15-20(2,3)4)18(23)9-7-8-16-10-12-17(13-11-16)21-27(5,25)26/h10-13,18,21,23H,6-9,14-15H2,1-5H3. The molecule has 7 heteroatoms. The Kier molecular flexibility index (Phi) is 8.75. The number of aliphatic hydroxyl groups is 1. The number of amides is 1. The molecular weight excluding hydrogens is 364 g/mol. The largest absolute Gasteiger partial charge is 0.374 e. The van der Waals surface area contributed by atoms with Crippen LogP contribution in [0.3, 0.4) is 0 Å². The van der Waals surface area contributed by atoms with Crippen molar-refractivity contribution in [2.45, 2.75) is 66.0 Å². The van der Waals surface area contributed by atoms with E-state index in [2.05, 4.69) is 25.5 Å². The molecule has 154 valence electrons. The first-order valence-corrected chi connectivity index (χ1v) is 11.3. The lowest BCUT2D eigenvalue weighted by Gasteiger charge is -2.28. The van der Waals surface area contributed by atoms with Crippen LogP contribution in [-0.2, 0) is 21.2 Å². The molecule has 0 heterocycles. The predicted octanol–water partition coefficient (Wildman–Crippen LogP) is 3.37. The molecule has 1 rings (SSSR count). The van der Waals surface area contributed by atoms with E-state index in [0.29, 0.717) is 25.1 Å². The molecular formula is C20H34N2O4S. The van der Waals surface area contributed by atoms with Gasteiger partial charge in [-0.1, -0.05) is 32.9 Å². The summed E-state index contributed by atoms with van der Waals surface area (Å²) in [6.45, 7) is 8.68. The van der Waals surface area contributed by atoms with Gasteiger partial charge < -0.3 is 10.0 Å². The fourth-order valence-electron chi connectivity index (χ4n) is 2.78. The van der Waals surface area contributed by atoms with Crippen molar-refractivity contribution < 1.29 is 18.3 Å². The van der Waals surface area contributed by atoms with E-state index in [4.69, 9.17) is 0 Å². The number of anilines is 1.